The minimum Gasteiger partial charge on any atom is -0.352 e. The predicted octanol–water partition coefficient (Wildman–Crippen LogP) is 3.53. The second-order valence-electron chi connectivity index (χ2n) is 6.93. The van der Waals surface area contributed by atoms with Crippen molar-refractivity contribution in [3.63, 3.8) is 0 Å². The number of halogens is 3. The number of alkyl halides is 3. The van der Waals surface area contributed by atoms with Gasteiger partial charge in [-0.3, -0.25) is 9.59 Å². The standard InChI is InChI=1S/C21H21F3N2O2/c22-21(23,24)18-8-6-17(7-9-18)20(28)25-13-16-12-19(27)26(14-16)11-10-15-4-2-1-3-5-15/h1-9,16H,10-14H2,(H,25,28). The van der Waals surface area contributed by atoms with Crippen molar-refractivity contribution < 1.29 is 22.8 Å². The lowest BCUT2D eigenvalue weighted by Gasteiger charge is -2.17. The molecule has 1 saturated heterocycles. The summed E-state index contributed by atoms with van der Waals surface area (Å²) in [6.45, 7) is 1.51. The molecular weight excluding hydrogens is 369 g/mol. The zero-order valence-corrected chi connectivity index (χ0v) is 15.2. The number of hydrogen-bond donors (Lipinski definition) is 1. The van der Waals surface area contributed by atoms with Crippen LogP contribution in [-0.4, -0.2) is 36.3 Å². The third-order valence-electron chi connectivity index (χ3n) is 4.83. The minimum atomic E-state index is -4.43. The molecule has 7 heteroatoms. The average molecular weight is 390 g/mol. The summed E-state index contributed by atoms with van der Waals surface area (Å²) >= 11 is 0. The Labute approximate surface area is 161 Å². The van der Waals surface area contributed by atoms with E-state index in [1.54, 1.807) is 4.90 Å². The highest BCUT2D eigenvalue weighted by Gasteiger charge is 2.31. The van der Waals surface area contributed by atoms with Crippen molar-refractivity contribution in [2.45, 2.75) is 19.0 Å². The second kappa shape index (κ2) is 8.46. The van der Waals surface area contributed by atoms with Gasteiger partial charge < -0.3 is 10.2 Å². The fourth-order valence-electron chi connectivity index (χ4n) is 3.27. The fraction of sp³-hybridized carbons (Fsp3) is 0.333. The van der Waals surface area contributed by atoms with E-state index in [1.807, 2.05) is 30.3 Å². The van der Waals surface area contributed by atoms with Gasteiger partial charge in [-0.05, 0) is 36.2 Å². The maximum atomic E-state index is 12.6. The van der Waals surface area contributed by atoms with E-state index in [-0.39, 0.29) is 17.4 Å². The SMILES string of the molecule is O=C(NCC1CC(=O)N(CCc2ccccc2)C1)c1ccc(C(F)(F)F)cc1. The highest BCUT2D eigenvalue weighted by atomic mass is 19.4. The summed E-state index contributed by atoms with van der Waals surface area (Å²) in [6, 6.07) is 14.0. The quantitative estimate of drug-likeness (QED) is 0.821. The molecule has 4 nitrogen and oxygen atoms in total. The smallest absolute Gasteiger partial charge is 0.352 e. The first-order valence-corrected chi connectivity index (χ1v) is 9.10. The van der Waals surface area contributed by atoms with E-state index >= 15 is 0 Å². The molecule has 1 aliphatic heterocycles. The Morgan fingerprint density at radius 2 is 1.75 bits per heavy atom. The van der Waals surface area contributed by atoms with Crippen molar-refractivity contribution in [2.75, 3.05) is 19.6 Å². The molecule has 28 heavy (non-hydrogen) atoms. The number of carbonyl (C=O) groups excluding carboxylic acids is 2. The van der Waals surface area contributed by atoms with Crippen LogP contribution >= 0.6 is 0 Å². The van der Waals surface area contributed by atoms with Crippen LogP contribution in [0.2, 0.25) is 0 Å². The Bertz CT molecular complexity index is 820. The molecule has 3 rings (SSSR count). The molecule has 0 saturated carbocycles. The zero-order valence-electron chi connectivity index (χ0n) is 15.2. The topological polar surface area (TPSA) is 49.4 Å². The zero-order chi connectivity index (χ0) is 20.1. The van der Waals surface area contributed by atoms with Gasteiger partial charge in [0.05, 0.1) is 5.56 Å². The first kappa shape index (κ1) is 19.9. The number of benzene rings is 2. The molecule has 2 aromatic carbocycles. The fourth-order valence-corrected chi connectivity index (χ4v) is 3.27. The van der Waals surface area contributed by atoms with Crippen LogP contribution in [0.4, 0.5) is 13.2 Å². The lowest BCUT2D eigenvalue weighted by molar-refractivity contribution is -0.137. The van der Waals surface area contributed by atoms with Crippen LogP contribution in [-0.2, 0) is 17.4 Å². The number of hydrogen-bond acceptors (Lipinski definition) is 2. The van der Waals surface area contributed by atoms with Gasteiger partial charge in [0.1, 0.15) is 0 Å². The third kappa shape index (κ3) is 5.12. The van der Waals surface area contributed by atoms with E-state index in [2.05, 4.69) is 5.32 Å². The molecule has 2 aromatic rings. The molecule has 1 unspecified atom stereocenters. The second-order valence-corrected chi connectivity index (χ2v) is 6.93. The third-order valence-corrected chi connectivity index (χ3v) is 4.83. The molecule has 0 bridgehead atoms. The van der Waals surface area contributed by atoms with Crippen molar-refractivity contribution in [3.05, 3.63) is 71.3 Å². The van der Waals surface area contributed by atoms with E-state index < -0.39 is 17.6 Å². The monoisotopic (exact) mass is 390 g/mol. The summed E-state index contributed by atoms with van der Waals surface area (Å²) in [5.41, 5.74) is 0.534. The molecule has 0 radical (unpaired) electrons. The molecule has 1 heterocycles. The van der Waals surface area contributed by atoms with E-state index in [9.17, 15) is 22.8 Å². The summed E-state index contributed by atoms with van der Waals surface area (Å²) in [7, 11) is 0. The Hall–Kier alpha value is -2.83. The number of likely N-dealkylation sites (tertiary alicyclic amines) is 1. The highest BCUT2D eigenvalue weighted by molar-refractivity contribution is 5.94. The van der Waals surface area contributed by atoms with Gasteiger partial charge in [-0.15, -0.1) is 0 Å². The molecule has 0 aromatic heterocycles. The lowest BCUT2D eigenvalue weighted by atomic mass is 10.1. The number of nitrogens with one attached hydrogen (secondary N) is 1. The van der Waals surface area contributed by atoms with E-state index in [4.69, 9.17) is 0 Å². The highest BCUT2D eigenvalue weighted by Crippen LogP contribution is 2.29. The average Bonchev–Trinajstić information content (AvgIpc) is 3.04. The van der Waals surface area contributed by atoms with Gasteiger partial charge in [0, 0.05) is 37.5 Å². The molecule has 1 fully saturated rings. The van der Waals surface area contributed by atoms with Gasteiger partial charge in [0.15, 0.2) is 0 Å². The first-order valence-electron chi connectivity index (χ1n) is 9.10. The molecule has 148 valence electrons. The van der Waals surface area contributed by atoms with Crippen LogP contribution in [0.5, 0.6) is 0 Å². The predicted molar refractivity (Wildman–Crippen MR) is 98.6 cm³/mol. The van der Waals surface area contributed by atoms with Crippen molar-refractivity contribution in [2.24, 2.45) is 5.92 Å². The summed E-state index contributed by atoms with van der Waals surface area (Å²) in [5, 5.41) is 2.71. The normalized spacial score (nSPS) is 17.0. The Morgan fingerprint density at radius 1 is 1.07 bits per heavy atom. The van der Waals surface area contributed by atoms with Crippen molar-refractivity contribution >= 4 is 11.8 Å². The van der Waals surface area contributed by atoms with Crippen LogP contribution in [0.15, 0.2) is 54.6 Å². The van der Waals surface area contributed by atoms with Crippen LogP contribution in [0.3, 0.4) is 0 Å². The number of nitrogens with zero attached hydrogens (tertiary/aromatic N) is 1. The van der Waals surface area contributed by atoms with Gasteiger partial charge in [-0.2, -0.15) is 13.2 Å². The summed E-state index contributed by atoms with van der Waals surface area (Å²) in [6.07, 6.45) is -3.29. The van der Waals surface area contributed by atoms with Crippen molar-refractivity contribution in [1.82, 2.24) is 10.2 Å². The maximum absolute atomic E-state index is 12.6. The summed E-state index contributed by atoms with van der Waals surface area (Å²) in [5.74, 6) is -0.379. The van der Waals surface area contributed by atoms with Crippen LogP contribution < -0.4 is 5.32 Å². The van der Waals surface area contributed by atoms with Crippen LogP contribution in [0.25, 0.3) is 0 Å². The van der Waals surface area contributed by atoms with Crippen molar-refractivity contribution in [1.29, 1.82) is 0 Å². The number of amides is 2. The summed E-state index contributed by atoms with van der Waals surface area (Å²) in [4.78, 5) is 26.1. The molecular formula is C21H21F3N2O2. The molecule has 1 aliphatic rings. The summed E-state index contributed by atoms with van der Waals surface area (Å²) < 4.78 is 37.7. The van der Waals surface area contributed by atoms with Gasteiger partial charge in [-0.1, -0.05) is 30.3 Å². The van der Waals surface area contributed by atoms with Crippen LogP contribution in [0, 0.1) is 5.92 Å². The van der Waals surface area contributed by atoms with Gasteiger partial charge >= 0.3 is 6.18 Å². The minimum absolute atomic E-state index is 0.00155. The van der Waals surface area contributed by atoms with Gasteiger partial charge in [-0.25, -0.2) is 0 Å². The Balaban J connectivity index is 1.47. The molecule has 0 spiro atoms. The first-order chi connectivity index (χ1) is 13.3. The van der Waals surface area contributed by atoms with Crippen LogP contribution in [0.1, 0.15) is 27.9 Å². The van der Waals surface area contributed by atoms with Gasteiger partial charge in [0.25, 0.3) is 5.91 Å². The molecule has 1 N–H and O–H groups in total. The maximum Gasteiger partial charge on any atom is 0.416 e. The number of carbonyl (C=O) groups is 2. The Morgan fingerprint density at radius 3 is 2.39 bits per heavy atom. The number of rotatable bonds is 6. The van der Waals surface area contributed by atoms with Gasteiger partial charge in [0.2, 0.25) is 5.91 Å². The Kier molecular flexibility index (Phi) is 6.02. The largest absolute Gasteiger partial charge is 0.416 e. The molecule has 1 atom stereocenters. The lowest BCUT2D eigenvalue weighted by Crippen LogP contribution is -2.32. The van der Waals surface area contributed by atoms with E-state index in [0.29, 0.717) is 26.1 Å². The van der Waals surface area contributed by atoms with E-state index in [0.717, 1.165) is 36.2 Å². The van der Waals surface area contributed by atoms with E-state index in [1.165, 1.54) is 0 Å². The molecule has 2 amide bonds. The van der Waals surface area contributed by atoms with Crippen molar-refractivity contribution in [3.8, 4) is 0 Å². The molecule has 0 aliphatic carbocycles.